The summed E-state index contributed by atoms with van der Waals surface area (Å²) in [5.74, 6) is 1.86. The Balaban J connectivity index is 2.03. The van der Waals surface area contributed by atoms with Crippen LogP contribution in [0.1, 0.15) is 38.2 Å². The molecule has 1 aromatic carbocycles. The normalized spacial score (nSPS) is 17.0. The van der Waals surface area contributed by atoms with E-state index in [2.05, 4.69) is 12.2 Å². The van der Waals surface area contributed by atoms with Crippen molar-refractivity contribution in [3.63, 3.8) is 0 Å². The van der Waals surface area contributed by atoms with Crippen molar-refractivity contribution in [2.24, 2.45) is 5.92 Å². The fourth-order valence-electron chi connectivity index (χ4n) is 2.83. The lowest BCUT2D eigenvalue weighted by atomic mass is 9.80. The first-order valence-corrected chi connectivity index (χ1v) is 7.66. The summed E-state index contributed by atoms with van der Waals surface area (Å²) in [4.78, 5) is 0. The van der Waals surface area contributed by atoms with E-state index in [9.17, 15) is 0 Å². The highest BCUT2D eigenvalue weighted by Crippen LogP contribution is 2.32. The predicted molar refractivity (Wildman–Crippen MR) is 81.1 cm³/mol. The molecule has 1 atom stereocenters. The van der Waals surface area contributed by atoms with E-state index in [1.807, 2.05) is 18.2 Å². The van der Waals surface area contributed by atoms with Crippen LogP contribution < -0.4 is 10.1 Å². The Bertz CT molecular complexity index is 404. The molecule has 0 aromatic heterocycles. The molecule has 1 saturated carbocycles. The smallest absolute Gasteiger partial charge is 0.122 e. The van der Waals surface area contributed by atoms with Crippen molar-refractivity contribution in [2.75, 3.05) is 13.7 Å². The van der Waals surface area contributed by atoms with E-state index in [1.54, 1.807) is 7.11 Å². The van der Waals surface area contributed by atoms with Crippen molar-refractivity contribution in [3.8, 4) is 5.75 Å². The van der Waals surface area contributed by atoms with Gasteiger partial charge in [-0.2, -0.15) is 0 Å². The largest absolute Gasteiger partial charge is 0.496 e. The summed E-state index contributed by atoms with van der Waals surface area (Å²) in [5, 5.41) is 4.39. The Morgan fingerprint density at radius 2 is 2.21 bits per heavy atom. The number of hydrogen-bond acceptors (Lipinski definition) is 2. The number of methoxy groups -OCH3 is 1. The molecule has 0 saturated heterocycles. The molecule has 0 aliphatic heterocycles. The molecular weight excluding hydrogens is 258 g/mol. The number of ether oxygens (including phenoxy) is 1. The van der Waals surface area contributed by atoms with E-state index in [0.717, 1.165) is 29.7 Å². The molecule has 1 aliphatic carbocycles. The summed E-state index contributed by atoms with van der Waals surface area (Å²) in [6.45, 7) is 3.18. The molecule has 2 rings (SSSR count). The predicted octanol–water partition coefficient (Wildman–Crippen LogP) is 4.06. The molecular formula is C16H24ClNO. The lowest BCUT2D eigenvalue weighted by Crippen LogP contribution is -2.34. The summed E-state index contributed by atoms with van der Waals surface area (Å²) in [6, 6.07) is 6.41. The Kier molecular flexibility index (Phi) is 5.53. The Morgan fingerprint density at radius 3 is 2.79 bits per heavy atom. The van der Waals surface area contributed by atoms with E-state index < -0.39 is 0 Å². The van der Waals surface area contributed by atoms with E-state index in [4.69, 9.17) is 16.3 Å². The number of likely N-dealkylation sites (N-methyl/N-ethyl adjacent to an activating group) is 1. The highest BCUT2D eigenvalue weighted by atomic mass is 35.5. The molecule has 1 aliphatic rings. The van der Waals surface area contributed by atoms with Crippen LogP contribution in [0.25, 0.3) is 0 Å². The van der Waals surface area contributed by atoms with Gasteiger partial charge < -0.3 is 10.1 Å². The van der Waals surface area contributed by atoms with Gasteiger partial charge in [0.25, 0.3) is 0 Å². The number of nitrogens with one attached hydrogen (secondary N) is 1. The maximum atomic E-state index is 6.10. The maximum Gasteiger partial charge on any atom is 0.122 e. The molecule has 2 nitrogen and oxygen atoms in total. The molecule has 0 spiro atoms. The Labute approximate surface area is 121 Å². The Morgan fingerprint density at radius 1 is 1.42 bits per heavy atom. The zero-order chi connectivity index (χ0) is 13.7. The average Bonchev–Trinajstić information content (AvgIpc) is 2.34. The molecule has 106 valence electrons. The SMILES string of the molecule is CCNC(Cc1cc(Cl)ccc1OC)CC1CCC1. The van der Waals surface area contributed by atoms with Gasteiger partial charge in [0.2, 0.25) is 0 Å². The average molecular weight is 282 g/mol. The highest BCUT2D eigenvalue weighted by Gasteiger charge is 2.22. The van der Waals surface area contributed by atoms with Crippen LogP contribution in [-0.4, -0.2) is 19.7 Å². The van der Waals surface area contributed by atoms with Crippen LogP contribution >= 0.6 is 11.6 Å². The van der Waals surface area contributed by atoms with Crippen LogP contribution in [0.4, 0.5) is 0 Å². The van der Waals surface area contributed by atoms with Gasteiger partial charge in [0, 0.05) is 11.1 Å². The zero-order valence-corrected chi connectivity index (χ0v) is 12.7. The highest BCUT2D eigenvalue weighted by molar-refractivity contribution is 6.30. The summed E-state index contributed by atoms with van der Waals surface area (Å²) >= 11 is 6.10. The molecule has 1 N–H and O–H groups in total. The number of rotatable bonds is 7. The second-order valence-electron chi connectivity index (χ2n) is 5.45. The third kappa shape index (κ3) is 4.12. The number of benzene rings is 1. The molecule has 3 heteroatoms. The van der Waals surface area contributed by atoms with Crippen LogP contribution in [-0.2, 0) is 6.42 Å². The van der Waals surface area contributed by atoms with E-state index in [0.29, 0.717) is 6.04 Å². The van der Waals surface area contributed by atoms with Gasteiger partial charge in [-0.15, -0.1) is 0 Å². The van der Waals surface area contributed by atoms with Gasteiger partial charge in [0.15, 0.2) is 0 Å². The minimum Gasteiger partial charge on any atom is -0.496 e. The summed E-state index contributed by atoms with van der Waals surface area (Å²) in [6.07, 6.45) is 6.46. The molecule has 0 radical (unpaired) electrons. The fraction of sp³-hybridized carbons (Fsp3) is 0.625. The van der Waals surface area contributed by atoms with E-state index in [1.165, 1.54) is 31.2 Å². The standard InChI is InChI=1S/C16H24ClNO/c1-3-18-15(9-12-5-4-6-12)11-13-10-14(17)7-8-16(13)19-2/h7-8,10,12,15,18H,3-6,9,11H2,1-2H3. The van der Waals surface area contributed by atoms with Crippen molar-refractivity contribution in [1.29, 1.82) is 0 Å². The van der Waals surface area contributed by atoms with Gasteiger partial charge in [-0.25, -0.2) is 0 Å². The maximum absolute atomic E-state index is 6.10. The van der Waals surface area contributed by atoms with E-state index >= 15 is 0 Å². The lowest BCUT2D eigenvalue weighted by Gasteiger charge is -2.30. The fourth-order valence-corrected chi connectivity index (χ4v) is 3.03. The minimum atomic E-state index is 0.530. The van der Waals surface area contributed by atoms with Crippen molar-refractivity contribution < 1.29 is 4.74 Å². The molecule has 1 unspecified atom stereocenters. The third-order valence-electron chi connectivity index (χ3n) is 4.04. The first-order chi connectivity index (χ1) is 9.22. The number of halogens is 1. The molecule has 0 heterocycles. The second-order valence-corrected chi connectivity index (χ2v) is 5.88. The van der Waals surface area contributed by atoms with Crippen LogP contribution in [0.15, 0.2) is 18.2 Å². The molecule has 0 bridgehead atoms. The van der Waals surface area contributed by atoms with Crippen molar-refractivity contribution in [2.45, 2.75) is 45.1 Å². The first-order valence-electron chi connectivity index (χ1n) is 7.28. The molecule has 1 fully saturated rings. The van der Waals surface area contributed by atoms with Gasteiger partial charge in [-0.1, -0.05) is 37.8 Å². The number of hydrogen-bond donors (Lipinski definition) is 1. The monoisotopic (exact) mass is 281 g/mol. The van der Waals surface area contributed by atoms with Gasteiger partial charge in [0.05, 0.1) is 7.11 Å². The van der Waals surface area contributed by atoms with Crippen molar-refractivity contribution in [1.82, 2.24) is 5.32 Å². The quantitative estimate of drug-likeness (QED) is 0.814. The third-order valence-corrected chi connectivity index (χ3v) is 4.28. The molecule has 1 aromatic rings. The van der Waals surface area contributed by atoms with E-state index in [-0.39, 0.29) is 0 Å². The van der Waals surface area contributed by atoms with Crippen molar-refractivity contribution in [3.05, 3.63) is 28.8 Å². The summed E-state index contributed by atoms with van der Waals surface area (Å²) in [5.41, 5.74) is 1.21. The summed E-state index contributed by atoms with van der Waals surface area (Å²) < 4.78 is 5.44. The van der Waals surface area contributed by atoms with Crippen LogP contribution in [0.2, 0.25) is 5.02 Å². The van der Waals surface area contributed by atoms with Crippen molar-refractivity contribution >= 4 is 11.6 Å². The van der Waals surface area contributed by atoms with Gasteiger partial charge >= 0.3 is 0 Å². The van der Waals surface area contributed by atoms with Gasteiger partial charge in [0.1, 0.15) is 5.75 Å². The Hall–Kier alpha value is -0.730. The van der Waals surface area contributed by atoms with Crippen LogP contribution in [0.5, 0.6) is 5.75 Å². The first kappa shape index (κ1) is 14.7. The molecule has 19 heavy (non-hydrogen) atoms. The zero-order valence-electron chi connectivity index (χ0n) is 11.9. The van der Waals surface area contributed by atoms with Gasteiger partial charge in [-0.3, -0.25) is 0 Å². The topological polar surface area (TPSA) is 21.3 Å². The van der Waals surface area contributed by atoms with Gasteiger partial charge in [-0.05, 0) is 49.1 Å². The summed E-state index contributed by atoms with van der Waals surface area (Å²) in [7, 11) is 1.72. The van der Waals surface area contributed by atoms with Crippen LogP contribution in [0.3, 0.4) is 0 Å². The molecule has 0 amide bonds. The minimum absolute atomic E-state index is 0.530. The second kappa shape index (κ2) is 7.16. The lowest BCUT2D eigenvalue weighted by molar-refractivity contribution is 0.259. The van der Waals surface area contributed by atoms with Crippen LogP contribution in [0, 0.1) is 5.92 Å².